The van der Waals surface area contributed by atoms with Crippen molar-refractivity contribution in [3.05, 3.63) is 60.3 Å². The number of hydrogen-bond donors (Lipinski definition) is 1. The van der Waals surface area contributed by atoms with Gasteiger partial charge in [-0.2, -0.15) is 0 Å². The Bertz CT molecular complexity index is 1940. The molecule has 1 N–H and O–H groups in total. The van der Waals surface area contributed by atoms with Gasteiger partial charge in [-0.3, -0.25) is 9.88 Å². The molecule has 4 aromatic rings. The van der Waals surface area contributed by atoms with E-state index in [1.54, 1.807) is 39.1 Å². The van der Waals surface area contributed by atoms with Crippen molar-refractivity contribution < 1.29 is 23.5 Å². The normalized spacial score (nSPS) is 22.0. The monoisotopic (exact) mass is 683 g/mol. The third-order valence-corrected chi connectivity index (χ3v) is 9.66. The molecule has 1 saturated carbocycles. The summed E-state index contributed by atoms with van der Waals surface area (Å²) in [6, 6.07) is 12.9. The van der Waals surface area contributed by atoms with E-state index < -0.39 is 17.3 Å². The fourth-order valence-corrected chi connectivity index (χ4v) is 7.63. The third-order valence-electron chi connectivity index (χ3n) is 9.66. The molecule has 264 valence electrons. The van der Waals surface area contributed by atoms with Gasteiger partial charge >= 0.3 is 12.2 Å². The number of benzene rings is 1. The van der Waals surface area contributed by atoms with Gasteiger partial charge in [0.15, 0.2) is 5.65 Å². The van der Waals surface area contributed by atoms with E-state index in [1.165, 1.54) is 0 Å². The maximum absolute atomic E-state index is 16.3. The molecule has 5 aliphatic heterocycles. The number of rotatable bonds is 4. The van der Waals surface area contributed by atoms with Crippen molar-refractivity contribution in [2.24, 2.45) is 11.8 Å². The highest BCUT2D eigenvalue weighted by atomic mass is 19.1. The number of aryl methyl sites for hydroxylation is 1. The maximum Gasteiger partial charge on any atom is 0.413 e. The summed E-state index contributed by atoms with van der Waals surface area (Å²) in [6.07, 6.45) is 4.86. The lowest BCUT2D eigenvalue weighted by atomic mass is 9.68. The average Bonchev–Trinajstić information content (AvgIpc) is 3.33. The van der Waals surface area contributed by atoms with Crippen LogP contribution in [0.1, 0.15) is 73.1 Å². The standard InChI is InChI=1S/C38H46FN7O4/c1-22-41-31-10-9-30(25-12-13-40-33(17-25)43-35(47)49-37(2,3)4)42-34(31)45(22)26-8-11-32(29(39)19-26)46-27-16-23-14-24(15-23)20-44(21-28(46)18-27)36(48)50-38(5,6)7/h8-13,17,19,23-24,27-28H,14-16,18,20-21H2,1-7H3,(H,40,43,47). The topological polar surface area (TPSA) is 115 Å². The first kappa shape index (κ1) is 33.7. The van der Waals surface area contributed by atoms with Gasteiger partial charge in [0.2, 0.25) is 0 Å². The minimum atomic E-state index is -0.642. The number of amides is 2. The number of carbonyl (C=O) groups excluding carboxylic acids is 2. The van der Waals surface area contributed by atoms with Crippen LogP contribution in [0.15, 0.2) is 48.7 Å². The molecule has 11 nitrogen and oxygen atoms in total. The summed E-state index contributed by atoms with van der Waals surface area (Å²) < 4.78 is 29.3. The van der Waals surface area contributed by atoms with Crippen LogP contribution in [-0.2, 0) is 9.47 Å². The summed E-state index contributed by atoms with van der Waals surface area (Å²) in [4.78, 5) is 43.5. The van der Waals surface area contributed by atoms with Crippen LogP contribution in [0.25, 0.3) is 28.1 Å². The van der Waals surface area contributed by atoms with Gasteiger partial charge < -0.3 is 19.3 Å². The highest BCUT2D eigenvalue weighted by Gasteiger charge is 2.46. The Morgan fingerprint density at radius 3 is 2.34 bits per heavy atom. The summed E-state index contributed by atoms with van der Waals surface area (Å²) >= 11 is 0. The molecule has 2 amide bonds. The number of pyridine rings is 2. The largest absolute Gasteiger partial charge is 0.444 e. The van der Waals surface area contributed by atoms with Crippen LogP contribution in [0.2, 0.25) is 0 Å². The molecule has 8 heterocycles. The predicted octanol–water partition coefficient (Wildman–Crippen LogP) is 7.89. The van der Waals surface area contributed by atoms with Crippen LogP contribution >= 0.6 is 0 Å². The lowest BCUT2D eigenvalue weighted by molar-refractivity contribution is 0.00556. The molecular formula is C38H46FN7O4. The van der Waals surface area contributed by atoms with E-state index in [0.717, 1.165) is 31.2 Å². The fourth-order valence-electron chi connectivity index (χ4n) is 7.63. The Labute approximate surface area is 292 Å². The number of ether oxygens (including phenoxy) is 2. The number of nitrogens with zero attached hydrogens (tertiary/aromatic N) is 6. The summed E-state index contributed by atoms with van der Waals surface area (Å²) in [5.74, 6) is 1.79. The van der Waals surface area contributed by atoms with Gasteiger partial charge in [0, 0.05) is 43.0 Å². The smallest absolute Gasteiger partial charge is 0.413 e. The first-order chi connectivity index (χ1) is 23.6. The van der Waals surface area contributed by atoms with Gasteiger partial charge in [0.05, 0.1) is 17.1 Å². The molecular weight excluding hydrogens is 637 g/mol. The molecule has 2 unspecified atom stereocenters. The molecule has 1 aliphatic carbocycles. The second kappa shape index (κ2) is 12.5. The van der Waals surface area contributed by atoms with Crippen LogP contribution in [0.4, 0.5) is 25.5 Å². The highest BCUT2D eigenvalue weighted by Crippen LogP contribution is 2.46. The van der Waals surface area contributed by atoms with Crippen LogP contribution < -0.4 is 10.2 Å². The van der Waals surface area contributed by atoms with Crippen molar-refractivity contribution in [2.75, 3.05) is 23.3 Å². The first-order valence-electron chi connectivity index (χ1n) is 17.5. The van der Waals surface area contributed by atoms with Crippen molar-refractivity contribution in [3.8, 4) is 16.9 Å². The lowest BCUT2D eigenvalue weighted by Crippen LogP contribution is -2.63. The fraction of sp³-hybridized carbons (Fsp3) is 0.500. The van der Waals surface area contributed by atoms with Crippen LogP contribution in [-0.4, -0.2) is 73.0 Å². The van der Waals surface area contributed by atoms with Crippen molar-refractivity contribution in [1.82, 2.24) is 24.4 Å². The molecule has 2 atom stereocenters. The van der Waals surface area contributed by atoms with E-state index in [0.29, 0.717) is 64.8 Å². The minimum absolute atomic E-state index is 0.0143. The first-order valence-corrected chi connectivity index (χ1v) is 17.5. The number of carbonyl (C=O) groups is 2. The average molecular weight is 684 g/mol. The Hall–Kier alpha value is -4.74. The summed E-state index contributed by atoms with van der Waals surface area (Å²) in [6.45, 7) is 14.1. The van der Waals surface area contributed by atoms with E-state index in [2.05, 4.69) is 15.2 Å². The SMILES string of the molecule is Cc1nc2ccc(-c3ccnc(NC(=O)OC(C)(C)C)c3)nc2n1-c1ccc(N2C3CC4CC(C4)CN(C(=O)OC(C)(C)C)CC2C3)c(F)c1. The number of aromatic nitrogens is 4. The van der Waals surface area contributed by atoms with E-state index in [1.807, 2.05) is 67.5 Å². The highest BCUT2D eigenvalue weighted by molar-refractivity contribution is 5.85. The number of imidazole rings is 1. The number of anilines is 2. The second-order valence-electron chi connectivity index (χ2n) is 16.0. The van der Waals surface area contributed by atoms with Gasteiger partial charge in [0.25, 0.3) is 0 Å². The van der Waals surface area contributed by atoms with E-state index in [-0.39, 0.29) is 24.0 Å². The molecule has 5 saturated heterocycles. The number of hydrogen-bond acceptors (Lipinski definition) is 8. The minimum Gasteiger partial charge on any atom is -0.444 e. The summed E-state index contributed by atoms with van der Waals surface area (Å²) in [5, 5.41) is 2.68. The Morgan fingerprint density at radius 2 is 1.62 bits per heavy atom. The zero-order valence-corrected chi connectivity index (χ0v) is 29.9. The quantitative estimate of drug-likeness (QED) is 0.231. The third kappa shape index (κ3) is 6.97. The maximum atomic E-state index is 16.3. The van der Waals surface area contributed by atoms with Gasteiger partial charge in [-0.15, -0.1) is 0 Å². The zero-order valence-electron chi connectivity index (χ0n) is 29.9. The lowest BCUT2D eigenvalue weighted by Gasteiger charge is -2.56. The molecule has 6 aliphatic rings. The Balaban J connectivity index is 1.16. The molecule has 0 radical (unpaired) electrons. The molecule has 12 heteroatoms. The van der Waals surface area contributed by atoms with Crippen molar-refractivity contribution in [1.29, 1.82) is 0 Å². The predicted molar refractivity (Wildman–Crippen MR) is 190 cm³/mol. The van der Waals surface area contributed by atoms with E-state index >= 15 is 4.39 Å². The van der Waals surface area contributed by atoms with Crippen molar-refractivity contribution in [3.63, 3.8) is 0 Å². The van der Waals surface area contributed by atoms with E-state index in [9.17, 15) is 9.59 Å². The summed E-state index contributed by atoms with van der Waals surface area (Å²) in [7, 11) is 0. The van der Waals surface area contributed by atoms with Crippen molar-refractivity contribution in [2.45, 2.75) is 97.4 Å². The zero-order chi connectivity index (χ0) is 35.5. The number of fused-ring (bicyclic) bond motifs is 1. The molecule has 3 aromatic heterocycles. The van der Waals surface area contributed by atoms with Crippen LogP contribution in [0, 0.1) is 24.6 Å². The molecule has 1 aromatic carbocycles. The number of nitrogens with one attached hydrogen (secondary N) is 1. The van der Waals surface area contributed by atoms with Crippen LogP contribution in [0.5, 0.6) is 0 Å². The van der Waals surface area contributed by atoms with Crippen molar-refractivity contribution >= 4 is 34.9 Å². The Morgan fingerprint density at radius 1 is 0.860 bits per heavy atom. The second-order valence-corrected chi connectivity index (χ2v) is 16.0. The van der Waals surface area contributed by atoms with Gasteiger partial charge in [-0.25, -0.2) is 28.9 Å². The van der Waals surface area contributed by atoms with Gasteiger partial charge in [-0.05, 0) is 122 Å². The molecule has 50 heavy (non-hydrogen) atoms. The number of halogens is 1. The molecule has 10 rings (SSSR count). The molecule has 4 bridgehead atoms. The Kier molecular flexibility index (Phi) is 8.47. The van der Waals surface area contributed by atoms with Crippen LogP contribution in [0.3, 0.4) is 0 Å². The summed E-state index contributed by atoms with van der Waals surface area (Å²) in [5.41, 5.74) is 2.58. The van der Waals surface area contributed by atoms with E-state index in [4.69, 9.17) is 19.4 Å². The van der Waals surface area contributed by atoms with Gasteiger partial charge in [0.1, 0.15) is 34.2 Å². The molecule has 6 fully saturated rings. The van der Waals surface area contributed by atoms with Gasteiger partial charge in [-0.1, -0.05) is 0 Å². The molecule has 0 spiro atoms.